The first-order chi connectivity index (χ1) is 9.74. The van der Waals surface area contributed by atoms with E-state index >= 15 is 0 Å². The maximum atomic E-state index is 12.4. The normalized spacial score (nSPS) is 15.8. The zero-order chi connectivity index (χ0) is 13.9. The van der Waals surface area contributed by atoms with Crippen LogP contribution >= 0.6 is 12.6 Å². The number of amides is 1. The Morgan fingerprint density at radius 2 is 2.10 bits per heavy atom. The minimum absolute atomic E-state index is 0.0615. The third-order valence-corrected chi connectivity index (χ3v) is 3.91. The van der Waals surface area contributed by atoms with Gasteiger partial charge in [-0.3, -0.25) is 4.79 Å². The fraction of sp³-hybridized carbons (Fsp3) is 0.357. The van der Waals surface area contributed by atoms with Crippen LogP contribution in [0.2, 0.25) is 0 Å². The molecule has 0 saturated carbocycles. The molecule has 5 nitrogen and oxygen atoms in total. The van der Waals surface area contributed by atoms with Crippen LogP contribution in [0.4, 0.5) is 0 Å². The maximum Gasteiger partial charge on any atom is 0.236 e. The van der Waals surface area contributed by atoms with Gasteiger partial charge in [-0.15, -0.1) is 10.2 Å². The van der Waals surface area contributed by atoms with Gasteiger partial charge in [0.15, 0.2) is 5.82 Å². The van der Waals surface area contributed by atoms with Gasteiger partial charge in [0.1, 0.15) is 6.33 Å². The van der Waals surface area contributed by atoms with Crippen molar-refractivity contribution in [2.24, 2.45) is 0 Å². The summed E-state index contributed by atoms with van der Waals surface area (Å²) in [4.78, 5) is 14.2. The molecule has 1 aromatic heterocycles. The van der Waals surface area contributed by atoms with Crippen LogP contribution in [0.5, 0.6) is 0 Å². The van der Waals surface area contributed by atoms with Crippen molar-refractivity contribution in [2.75, 3.05) is 6.54 Å². The number of fused-ring (bicyclic) bond motifs is 1. The molecule has 1 aliphatic heterocycles. The van der Waals surface area contributed by atoms with Crippen LogP contribution < -0.4 is 0 Å². The van der Waals surface area contributed by atoms with E-state index in [-0.39, 0.29) is 11.2 Å². The molecule has 3 rings (SSSR count). The van der Waals surface area contributed by atoms with Crippen molar-refractivity contribution < 1.29 is 4.79 Å². The summed E-state index contributed by atoms with van der Waals surface area (Å²) < 4.78 is 1.98. The Balaban J connectivity index is 1.64. The monoisotopic (exact) mass is 288 g/mol. The molecule has 0 bridgehead atoms. The summed E-state index contributed by atoms with van der Waals surface area (Å²) in [5.74, 6) is 0.899. The number of rotatable bonds is 3. The van der Waals surface area contributed by atoms with Crippen molar-refractivity contribution in [1.82, 2.24) is 19.7 Å². The lowest BCUT2D eigenvalue weighted by atomic mass is 10.1. The van der Waals surface area contributed by atoms with Crippen LogP contribution in [-0.2, 0) is 24.3 Å². The number of carbonyl (C=O) groups is 1. The largest absolute Gasteiger partial charge is 0.332 e. The molecule has 0 fully saturated rings. The van der Waals surface area contributed by atoms with Gasteiger partial charge in [-0.2, -0.15) is 12.6 Å². The Hall–Kier alpha value is -1.82. The van der Waals surface area contributed by atoms with E-state index in [9.17, 15) is 4.79 Å². The Morgan fingerprint density at radius 3 is 2.90 bits per heavy atom. The van der Waals surface area contributed by atoms with Gasteiger partial charge in [0.2, 0.25) is 5.91 Å². The first-order valence-corrected chi connectivity index (χ1v) is 7.13. The van der Waals surface area contributed by atoms with E-state index in [0.29, 0.717) is 19.5 Å². The average Bonchev–Trinajstić information content (AvgIpc) is 2.94. The number of thiol groups is 1. The van der Waals surface area contributed by atoms with E-state index in [4.69, 9.17) is 0 Å². The number of aromatic nitrogens is 3. The second-order valence-corrected chi connectivity index (χ2v) is 5.53. The third-order valence-electron chi connectivity index (χ3n) is 3.51. The molecule has 6 heteroatoms. The van der Waals surface area contributed by atoms with Gasteiger partial charge in [0.05, 0.1) is 11.8 Å². The molecule has 1 aliphatic rings. The lowest BCUT2D eigenvalue weighted by Crippen LogP contribution is -2.42. The lowest BCUT2D eigenvalue weighted by molar-refractivity contribution is -0.132. The lowest BCUT2D eigenvalue weighted by Gasteiger charge is -2.29. The minimum Gasteiger partial charge on any atom is -0.332 e. The zero-order valence-corrected chi connectivity index (χ0v) is 11.9. The standard InChI is InChI=1S/C14H16N4OS/c19-14(12(20)8-11-4-2-1-3-5-11)17-6-7-18-10-15-16-13(18)9-17/h1-5,10,12,20H,6-9H2. The summed E-state index contributed by atoms with van der Waals surface area (Å²) in [7, 11) is 0. The highest BCUT2D eigenvalue weighted by Crippen LogP contribution is 2.15. The predicted octanol–water partition coefficient (Wildman–Crippen LogP) is 1.16. The van der Waals surface area contributed by atoms with Crippen LogP contribution in [-0.4, -0.2) is 37.4 Å². The summed E-state index contributed by atoms with van der Waals surface area (Å²) in [6.45, 7) is 1.96. The predicted molar refractivity (Wildman–Crippen MR) is 78.4 cm³/mol. The first-order valence-electron chi connectivity index (χ1n) is 6.61. The smallest absolute Gasteiger partial charge is 0.236 e. The fourth-order valence-electron chi connectivity index (χ4n) is 2.39. The molecular formula is C14H16N4OS. The summed E-state index contributed by atoms with van der Waals surface area (Å²) in [5, 5.41) is 7.58. The Labute approximate surface area is 123 Å². The van der Waals surface area contributed by atoms with Gasteiger partial charge < -0.3 is 9.47 Å². The molecule has 2 aromatic rings. The van der Waals surface area contributed by atoms with Crippen molar-refractivity contribution in [1.29, 1.82) is 0 Å². The molecule has 1 amide bonds. The molecular weight excluding hydrogens is 272 g/mol. The SMILES string of the molecule is O=C(C(S)Cc1ccccc1)N1CCn2cnnc2C1. The van der Waals surface area contributed by atoms with Gasteiger partial charge in [-0.1, -0.05) is 30.3 Å². The van der Waals surface area contributed by atoms with Gasteiger partial charge in [-0.05, 0) is 12.0 Å². The molecule has 0 saturated heterocycles. The van der Waals surface area contributed by atoms with E-state index in [2.05, 4.69) is 22.8 Å². The summed E-state index contributed by atoms with van der Waals surface area (Å²) in [6, 6.07) is 9.95. The van der Waals surface area contributed by atoms with Crippen molar-refractivity contribution in [3.63, 3.8) is 0 Å². The Kier molecular flexibility index (Phi) is 3.73. The van der Waals surface area contributed by atoms with E-state index in [0.717, 1.165) is 17.9 Å². The van der Waals surface area contributed by atoms with Crippen molar-refractivity contribution >= 4 is 18.5 Å². The number of benzene rings is 1. The van der Waals surface area contributed by atoms with E-state index in [1.54, 1.807) is 6.33 Å². The number of hydrogen-bond donors (Lipinski definition) is 1. The zero-order valence-electron chi connectivity index (χ0n) is 11.0. The van der Waals surface area contributed by atoms with Crippen molar-refractivity contribution in [3.8, 4) is 0 Å². The molecule has 1 unspecified atom stereocenters. The molecule has 0 radical (unpaired) electrons. The van der Waals surface area contributed by atoms with E-state index < -0.39 is 0 Å². The number of carbonyl (C=O) groups excluding carboxylic acids is 1. The second-order valence-electron chi connectivity index (χ2n) is 4.91. The van der Waals surface area contributed by atoms with E-state index in [1.807, 2.05) is 39.8 Å². The van der Waals surface area contributed by atoms with Gasteiger partial charge in [-0.25, -0.2) is 0 Å². The molecule has 1 aromatic carbocycles. The summed E-state index contributed by atoms with van der Waals surface area (Å²) >= 11 is 4.47. The minimum atomic E-state index is -0.313. The summed E-state index contributed by atoms with van der Waals surface area (Å²) in [6.07, 6.45) is 2.35. The Bertz CT molecular complexity index is 598. The van der Waals surface area contributed by atoms with Crippen LogP contribution in [0.3, 0.4) is 0 Å². The topological polar surface area (TPSA) is 51.0 Å². The van der Waals surface area contributed by atoms with Gasteiger partial charge >= 0.3 is 0 Å². The van der Waals surface area contributed by atoms with Crippen LogP contribution in [0.15, 0.2) is 36.7 Å². The highest BCUT2D eigenvalue weighted by atomic mass is 32.1. The molecule has 0 N–H and O–H groups in total. The number of nitrogens with zero attached hydrogens (tertiary/aromatic N) is 4. The molecule has 1 atom stereocenters. The molecule has 0 aliphatic carbocycles. The molecule has 104 valence electrons. The Morgan fingerprint density at radius 1 is 1.30 bits per heavy atom. The molecule has 0 spiro atoms. The van der Waals surface area contributed by atoms with Gasteiger partial charge in [0, 0.05) is 13.1 Å². The van der Waals surface area contributed by atoms with Crippen LogP contribution in [0, 0.1) is 0 Å². The average molecular weight is 288 g/mol. The summed E-state index contributed by atoms with van der Waals surface area (Å²) in [5.41, 5.74) is 1.13. The van der Waals surface area contributed by atoms with E-state index in [1.165, 1.54) is 0 Å². The van der Waals surface area contributed by atoms with Crippen LogP contribution in [0.25, 0.3) is 0 Å². The van der Waals surface area contributed by atoms with Crippen molar-refractivity contribution in [2.45, 2.75) is 24.8 Å². The quantitative estimate of drug-likeness (QED) is 0.862. The fourth-order valence-corrected chi connectivity index (χ4v) is 2.76. The first kappa shape index (κ1) is 13.2. The third kappa shape index (κ3) is 2.70. The van der Waals surface area contributed by atoms with Gasteiger partial charge in [0.25, 0.3) is 0 Å². The molecule has 20 heavy (non-hydrogen) atoms. The number of hydrogen-bond acceptors (Lipinski definition) is 4. The highest BCUT2D eigenvalue weighted by molar-refractivity contribution is 7.81. The second kappa shape index (κ2) is 5.66. The molecule has 2 heterocycles. The van der Waals surface area contributed by atoms with Crippen LogP contribution in [0.1, 0.15) is 11.4 Å². The highest BCUT2D eigenvalue weighted by Gasteiger charge is 2.26. The van der Waals surface area contributed by atoms with Crippen molar-refractivity contribution in [3.05, 3.63) is 48.0 Å². The maximum absolute atomic E-state index is 12.4.